The molecular formula is C14H13BN2O4S. The molecule has 112 valence electrons. The molecule has 0 atom stereocenters. The number of benzene rings is 2. The number of primary sulfonamides is 1. The fraction of sp³-hybridized carbons (Fsp3) is 0.0714. The standard InChI is InChI=1S/C14H13BN2O4S/c1-21-12-8-11(6-7-13(12)22(16,19)20)17-14(18)9-2-4-10(15)5-3-9/h2-8H,1H3,(H,17,18)(H2,16,19,20). The number of methoxy groups -OCH3 is 1. The summed E-state index contributed by atoms with van der Waals surface area (Å²) in [5.41, 5.74) is 1.35. The first-order chi connectivity index (χ1) is 10.3. The van der Waals surface area contributed by atoms with Gasteiger partial charge in [0.2, 0.25) is 10.0 Å². The van der Waals surface area contributed by atoms with Crippen LogP contribution in [0.4, 0.5) is 5.69 Å². The van der Waals surface area contributed by atoms with Crippen molar-refractivity contribution in [2.75, 3.05) is 12.4 Å². The molecule has 0 aromatic heterocycles. The minimum Gasteiger partial charge on any atom is -0.495 e. The molecule has 22 heavy (non-hydrogen) atoms. The number of sulfonamides is 1. The van der Waals surface area contributed by atoms with Gasteiger partial charge < -0.3 is 10.1 Å². The highest BCUT2D eigenvalue weighted by atomic mass is 32.2. The van der Waals surface area contributed by atoms with Gasteiger partial charge in [-0.15, -0.1) is 0 Å². The fourth-order valence-electron chi connectivity index (χ4n) is 1.82. The first-order valence-corrected chi connectivity index (χ1v) is 7.73. The Balaban J connectivity index is 2.27. The topological polar surface area (TPSA) is 98.5 Å². The van der Waals surface area contributed by atoms with Crippen LogP contribution in [0.3, 0.4) is 0 Å². The molecule has 0 aliphatic rings. The average molecular weight is 316 g/mol. The summed E-state index contributed by atoms with van der Waals surface area (Å²) in [4.78, 5) is 11.9. The highest BCUT2D eigenvalue weighted by Crippen LogP contribution is 2.26. The summed E-state index contributed by atoms with van der Waals surface area (Å²) in [7, 11) is 2.97. The average Bonchev–Trinajstić information content (AvgIpc) is 2.46. The molecule has 0 bridgehead atoms. The Hall–Kier alpha value is -2.32. The fourth-order valence-corrected chi connectivity index (χ4v) is 2.50. The zero-order valence-corrected chi connectivity index (χ0v) is 12.6. The number of hydrogen-bond donors (Lipinski definition) is 2. The Kier molecular flexibility index (Phi) is 4.53. The number of hydrogen-bond acceptors (Lipinski definition) is 4. The SMILES string of the molecule is [B]c1ccc(C(=O)Nc2ccc(S(N)(=O)=O)c(OC)c2)cc1. The van der Waals surface area contributed by atoms with E-state index >= 15 is 0 Å². The highest BCUT2D eigenvalue weighted by Gasteiger charge is 2.16. The zero-order chi connectivity index (χ0) is 16.3. The van der Waals surface area contributed by atoms with Crippen LogP contribution in [0.2, 0.25) is 0 Å². The second-order valence-electron chi connectivity index (χ2n) is 4.49. The van der Waals surface area contributed by atoms with Gasteiger partial charge in [-0.25, -0.2) is 13.6 Å². The van der Waals surface area contributed by atoms with E-state index in [4.69, 9.17) is 17.7 Å². The summed E-state index contributed by atoms with van der Waals surface area (Å²) < 4.78 is 27.8. The molecule has 2 rings (SSSR count). The first kappa shape index (κ1) is 16.1. The normalized spacial score (nSPS) is 11.0. The number of amides is 1. The van der Waals surface area contributed by atoms with E-state index in [0.717, 1.165) is 0 Å². The van der Waals surface area contributed by atoms with E-state index in [2.05, 4.69) is 5.32 Å². The highest BCUT2D eigenvalue weighted by molar-refractivity contribution is 7.89. The third-order valence-electron chi connectivity index (χ3n) is 2.90. The van der Waals surface area contributed by atoms with Gasteiger partial charge in [-0.1, -0.05) is 29.7 Å². The molecule has 3 N–H and O–H groups in total. The molecular weight excluding hydrogens is 303 g/mol. The monoisotopic (exact) mass is 316 g/mol. The van der Waals surface area contributed by atoms with Crippen molar-refractivity contribution in [2.45, 2.75) is 4.90 Å². The van der Waals surface area contributed by atoms with Gasteiger partial charge in [0.25, 0.3) is 5.91 Å². The van der Waals surface area contributed by atoms with Crippen LogP contribution in [-0.4, -0.2) is 29.3 Å². The molecule has 2 radical (unpaired) electrons. The first-order valence-electron chi connectivity index (χ1n) is 6.19. The van der Waals surface area contributed by atoms with Crippen LogP contribution in [0.15, 0.2) is 47.4 Å². The van der Waals surface area contributed by atoms with E-state index in [-0.39, 0.29) is 16.6 Å². The predicted octanol–water partition coefficient (Wildman–Crippen LogP) is 0.389. The van der Waals surface area contributed by atoms with Crippen LogP contribution in [0.25, 0.3) is 0 Å². The molecule has 0 unspecified atom stereocenters. The van der Waals surface area contributed by atoms with Gasteiger partial charge in [-0.05, 0) is 12.1 Å². The number of rotatable bonds is 4. The summed E-state index contributed by atoms with van der Waals surface area (Å²) in [5.74, 6) is -0.303. The Morgan fingerprint density at radius 3 is 2.36 bits per heavy atom. The lowest BCUT2D eigenvalue weighted by Gasteiger charge is -2.10. The lowest BCUT2D eigenvalue weighted by molar-refractivity contribution is 0.102. The quantitative estimate of drug-likeness (QED) is 0.797. The van der Waals surface area contributed by atoms with Crippen molar-refractivity contribution in [3.63, 3.8) is 0 Å². The number of carbonyl (C=O) groups is 1. The van der Waals surface area contributed by atoms with Crippen molar-refractivity contribution >= 4 is 34.9 Å². The van der Waals surface area contributed by atoms with Crippen LogP contribution in [-0.2, 0) is 10.0 Å². The maximum absolute atomic E-state index is 12.1. The van der Waals surface area contributed by atoms with E-state index in [9.17, 15) is 13.2 Å². The summed E-state index contributed by atoms with van der Waals surface area (Å²) in [5, 5.41) is 7.72. The van der Waals surface area contributed by atoms with Crippen LogP contribution in [0, 0.1) is 0 Å². The van der Waals surface area contributed by atoms with Crippen LogP contribution >= 0.6 is 0 Å². The largest absolute Gasteiger partial charge is 0.495 e. The van der Waals surface area contributed by atoms with E-state index in [1.54, 1.807) is 24.3 Å². The molecule has 1 amide bonds. The number of ether oxygens (including phenoxy) is 1. The number of anilines is 1. The van der Waals surface area contributed by atoms with Gasteiger partial charge in [-0.3, -0.25) is 4.79 Å². The number of carbonyl (C=O) groups excluding carboxylic acids is 1. The van der Waals surface area contributed by atoms with E-state index in [1.807, 2.05) is 0 Å². The summed E-state index contributed by atoms with van der Waals surface area (Å²) in [6.45, 7) is 0. The maximum Gasteiger partial charge on any atom is 0.255 e. The predicted molar refractivity (Wildman–Crippen MR) is 84.2 cm³/mol. The van der Waals surface area contributed by atoms with Crippen molar-refractivity contribution in [1.82, 2.24) is 0 Å². The molecule has 2 aromatic rings. The molecule has 0 aliphatic heterocycles. The van der Waals surface area contributed by atoms with Crippen LogP contribution < -0.4 is 20.7 Å². The summed E-state index contributed by atoms with van der Waals surface area (Å²) >= 11 is 0. The minimum absolute atomic E-state index is 0.0533. The zero-order valence-electron chi connectivity index (χ0n) is 11.7. The van der Waals surface area contributed by atoms with Gasteiger partial charge in [0.05, 0.1) is 7.11 Å². The van der Waals surface area contributed by atoms with Gasteiger partial charge in [-0.2, -0.15) is 0 Å². The van der Waals surface area contributed by atoms with Gasteiger partial charge in [0.15, 0.2) is 0 Å². The Morgan fingerprint density at radius 2 is 1.82 bits per heavy atom. The third-order valence-corrected chi connectivity index (χ3v) is 3.85. The van der Waals surface area contributed by atoms with Crippen molar-refractivity contribution in [1.29, 1.82) is 0 Å². The number of nitrogens with two attached hydrogens (primary N) is 1. The molecule has 2 aromatic carbocycles. The second kappa shape index (κ2) is 6.21. The van der Waals surface area contributed by atoms with Gasteiger partial charge in [0, 0.05) is 17.3 Å². The van der Waals surface area contributed by atoms with Crippen LogP contribution in [0.1, 0.15) is 10.4 Å². The van der Waals surface area contributed by atoms with Crippen molar-refractivity contribution in [3.8, 4) is 5.75 Å². The summed E-state index contributed by atoms with van der Waals surface area (Å²) in [6.07, 6.45) is 0. The molecule has 0 saturated heterocycles. The number of nitrogens with one attached hydrogen (secondary N) is 1. The van der Waals surface area contributed by atoms with Crippen LogP contribution in [0.5, 0.6) is 5.75 Å². The third kappa shape index (κ3) is 3.66. The Morgan fingerprint density at radius 1 is 1.18 bits per heavy atom. The molecule has 0 fully saturated rings. The van der Waals surface area contributed by atoms with Crippen molar-refractivity contribution in [2.24, 2.45) is 5.14 Å². The van der Waals surface area contributed by atoms with Crippen molar-refractivity contribution in [3.05, 3.63) is 48.0 Å². The summed E-state index contributed by atoms with van der Waals surface area (Å²) in [6, 6.07) is 10.5. The molecule has 0 heterocycles. The van der Waals surface area contributed by atoms with Gasteiger partial charge >= 0.3 is 0 Å². The molecule has 0 spiro atoms. The maximum atomic E-state index is 12.1. The smallest absolute Gasteiger partial charge is 0.255 e. The lowest BCUT2D eigenvalue weighted by atomic mass is 9.95. The molecule has 6 nitrogen and oxygen atoms in total. The molecule has 0 saturated carbocycles. The molecule has 0 aliphatic carbocycles. The minimum atomic E-state index is -3.90. The van der Waals surface area contributed by atoms with E-state index in [1.165, 1.54) is 25.3 Å². The van der Waals surface area contributed by atoms with E-state index in [0.29, 0.717) is 16.7 Å². The molecule has 8 heteroatoms. The Bertz CT molecular complexity index is 804. The Labute approximate surface area is 129 Å². The second-order valence-corrected chi connectivity index (χ2v) is 6.02. The van der Waals surface area contributed by atoms with Gasteiger partial charge in [0.1, 0.15) is 18.5 Å². The van der Waals surface area contributed by atoms with E-state index < -0.39 is 10.0 Å². The van der Waals surface area contributed by atoms with Crippen molar-refractivity contribution < 1.29 is 17.9 Å². The lowest BCUT2D eigenvalue weighted by Crippen LogP contribution is -2.15.